The highest BCUT2D eigenvalue weighted by molar-refractivity contribution is 5.95. The zero-order chi connectivity index (χ0) is 18.7. The first-order valence-corrected chi connectivity index (χ1v) is 10.1. The molecule has 0 radical (unpaired) electrons. The molecule has 0 aromatic heterocycles. The van der Waals surface area contributed by atoms with Crippen molar-refractivity contribution in [2.24, 2.45) is 0 Å². The highest BCUT2D eigenvalue weighted by Gasteiger charge is 2.12. The van der Waals surface area contributed by atoms with Crippen LogP contribution < -0.4 is 10.1 Å². The van der Waals surface area contributed by atoms with Crippen LogP contribution >= 0.6 is 0 Å². The number of ether oxygens (including phenoxy) is 1. The first-order valence-electron chi connectivity index (χ1n) is 10.1. The Hall–Kier alpha value is -2.33. The summed E-state index contributed by atoms with van der Waals surface area (Å²) in [6, 6.07) is 17.4. The maximum atomic E-state index is 12.6. The van der Waals surface area contributed by atoms with Crippen molar-refractivity contribution in [3.8, 4) is 5.75 Å². The number of rotatable bonds is 8. The van der Waals surface area contributed by atoms with Crippen molar-refractivity contribution >= 4 is 5.91 Å². The quantitative estimate of drug-likeness (QED) is 0.710. The second-order valence-electron chi connectivity index (χ2n) is 7.12. The highest BCUT2D eigenvalue weighted by Crippen LogP contribution is 2.15. The van der Waals surface area contributed by atoms with E-state index in [-0.39, 0.29) is 5.91 Å². The zero-order valence-corrected chi connectivity index (χ0v) is 16.0. The van der Waals surface area contributed by atoms with Crippen LogP contribution in [0, 0.1) is 0 Å². The number of nitrogens with zero attached hydrogens (tertiary/aromatic N) is 1. The van der Waals surface area contributed by atoms with Gasteiger partial charge in [-0.2, -0.15) is 0 Å². The molecule has 1 N–H and O–H groups in total. The molecule has 0 bridgehead atoms. The van der Waals surface area contributed by atoms with Crippen LogP contribution in [0.15, 0.2) is 54.6 Å². The van der Waals surface area contributed by atoms with Crippen molar-refractivity contribution in [3.63, 3.8) is 0 Å². The minimum Gasteiger partial charge on any atom is -0.489 e. The fourth-order valence-corrected chi connectivity index (χ4v) is 3.51. The smallest absolute Gasteiger partial charge is 0.251 e. The van der Waals surface area contributed by atoms with Crippen LogP contribution in [0.2, 0.25) is 0 Å². The molecule has 144 valence electrons. The van der Waals surface area contributed by atoms with E-state index in [1.54, 1.807) is 0 Å². The second-order valence-corrected chi connectivity index (χ2v) is 7.12. The lowest BCUT2D eigenvalue weighted by Crippen LogP contribution is -2.31. The first kappa shape index (κ1) is 19.4. The minimum atomic E-state index is -0.0156. The van der Waals surface area contributed by atoms with E-state index < -0.39 is 0 Å². The van der Waals surface area contributed by atoms with E-state index in [1.807, 2.05) is 54.6 Å². The molecule has 0 spiro atoms. The van der Waals surface area contributed by atoms with Crippen molar-refractivity contribution in [1.82, 2.24) is 10.2 Å². The zero-order valence-electron chi connectivity index (χ0n) is 16.0. The van der Waals surface area contributed by atoms with Crippen LogP contribution in [0.4, 0.5) is 0 Å². The second kappa shape index (κ2) is 10.7. The van der Waals surface area contributed by atoms with E-state index in [4.69, 9.17) is 4.74 Å². The van der Waals surface area contributed by atoms with Gasteiger partial charge in [-0.15, -0.1) is 0 Å². The largest absolute Gasteiger partial charge is 0.489 e. The summed E-state index contributed by atoms with van der Waals surface area (Å²) in [7, 11) is 0. The van der Waals surface area contributed by atoms with Gasteiger partial charge in [0.25, 0.3) is 5.91 Å². The molecule has 3 rings (SSSR count). The van der Waals surface area contributed by atoms with Gasteiger partial charge in [0.15, 0.2) is 0 Å². The maximum Gasteiger partial charge on any atom is 0.251 e. The van der Waals surface area contributed by atoms with E-state index in [0.717, 1.165) is 24.3 Å². The molecular weight excluding hydrogens is 336 g/mol. The summed E-state index contributed by atoms with van der Waals surface area (Å²) in [6.45, 7) is 4.57. The van der Waals surface area contributed by atoms with Crippen molar-refractivity contribution in [1.29, 1.82) is 0 Å². The van der Waals surface area contributed by atoms with Crippen LogP contribution in [-0.2, 0) is 6.61 Å². The lowest BCUT2D eigenvalue weighted by Gasteiger charge is -2.19. The molecule has 2 aromatic rings. The van der Waals surface area contributed by atoms with Crippen molar-refractivity contribution in [3.05, 3.63) is 65.7 Å². The summed E-state index contributed by atoms with van der Waals surface area (Å²) in [5.41, 5.74) is 1.61. The summed E-state index contributed by atoms with van der Waals surface area (Å²) in [5, 5.41) is 3.07. The van der Waals surface area contributed by atoms with E-state index in [0.29, 0.717) is 18.7 Å². The highest BCUT2D eigenvalue weighted by atomic mass is 16.5. The van der Waals surface area contributed by atoms with Crippen LogP contribution in [0.1, 0.15) is 48.0 Å². The Bertz CT molecular complexity index is 695. The molecule has 0 unspecified atom stereocenters. The van der Waals surface area contributed by atoms with Gasteiger partial charge in [0.2, 0.25) is 0 Å². The third kappa shape index (κ3) is 6.40. The van der Waals surface area contributed by atoms with Crippen LogP contribution in [0.25, 0.3) is 0 Å². The Kier molecular flexibility index (Phi) is 7.72. The number of benzene rings is 2. The third-order valence-electron chi connectivity index (χ3n) is 5.03. The van der Waals surface area contributed by atoms with E-state index in [9.17, 15) is 4.79 Å². The average molecular weight is 367 g/mol. The van der Waals surface area contributed by atoms with Gasteiger partial charge in [-0.05, 0) is 57.1 Å². The molecule has 1 aliphatic heterocycles. The number of nitrogens with one attached hydrogen (secondary N) is 1. The van der Waals surface area contributed by atoms with E-state index >= 15 is 0 Å². The molecule has 1 fully saturated rings. The van der Waals surface area contributed by atoms with E-state index in [1.165, 1.54) is 38.8 Å². The fourth-order valence-electron chi connectivity index (χ4n) is 3.51. The molecule has 1 amide bonds. The molecule has 1 heterocycles. The van der Waals surface area contributed by atoms with Crippen molar-refractivity contribution in [2.45, 2.75) is 38.7 Å². The molecule has 4 nitrogen and oxygen atoms in total. The summed E-state index contributed by atoms with van der Waals surface area (Å²) < 4.78 is 5.81. The first-order chi connectivity index (χ1) is 13.3. The number of hydrogen-bond acceptors (Lipinski definition) is 3. The Morgan fingerprint density at radius 2 is 1.63 bits per heavy atom. The monoisotopic (exact) mass is 366 g/mol. The van der Waals surface area contributed by atoms with Gasteiger partial charge in [-0.25, -0.2) is 0 Å². The van der Waals surface area contributed by atoms with E-state index in [2.05, 4.69) is 10.2 Å². The van der Waals surface area contributed by atoms with Gasteiger partial charge in [-0.3, -0.25) is 4.79 Å². The Morgan fingerprint density at radius 1 is 0.926 bits per heavy atom. The van der Waals surface area contributed by atoms with Crippen molar-refractivity contribution < 1.29 is 9.53 Å². The maximum absolute atomic E-state index is 12.6. The van der Waals surface area contributed by atoms with Crippen LogP contribution in [0.3, 0.4) is 0 Å². The number of carbonyl (C=O) groups is 1. The standard InChI is InChI=1S/C23H30N2O2/c26-23(24-15-10-18-25-16-8-1-2-9-17-25)22-14-7-6-11-20(22)19-27-21-12-4-3-5-13-21/h3-7,11-14H,1-2,8-10,15-19H2,(H,24,26). The average Bonchev–Trinajstić information content (AvgIpc) is 2.99. The molecule has 1 aliphatic rings. The van der Waals surface area contributed by atoms with Gasteiger partial charge in [0, 0.05) is 17.7 Å². The number of amides is 1. The van der Waals surface area contributed by atoms with Crippen LogP contribution in [-0.4, -0.2) is 37.0 Å². The molecule has 2 aromatic carbocycles. The Balaban J connectivity index is 1.46. The predicted molar refractivity (Wildman–Crippen MR) is 109 cm³/mol. The SMILES string of the molecule is O=C(NCCCN1CCCCCC1)c1ccccc1COc1ccccc1. The summed E-state index contributed by atoms with van der Waals surface area (Å²) >= 11 is 0. The molecular formula is C23H30N2O2. The summed E-state index contributed by atoms with van der Waals surface area (Å²) in [5.74, 6) is 0.795. The number of hydrogen-bond donors (Lipinski definition) is 1. The van der Waals surface area contributed by atoms with Crippen molar-refractivity contribution in [2.75, 3.05) is 26.2 Å². The number of para-hydroxylation sites is 1. The normalized spacial score (nSPS) is 15.1. The number of likely N-dealkylation sites (tertiary alicyclic amines) is 1. The van der Waals surface area contributed by atoms with Gasteiger partial charge in [0.05, 0.1) is 0 Å². The van der Waals surface area contributed by atoms with Crippen LogP contribution in [0.5, 0.6) is 5.75 Å². The Labute approximate surface area is 162 Å². The van der Waals surface area contributed by atoms with Gasteiger partial charge < -0.3 is 15.0 Å². The lowest BCUT2D eigenvalue weighted by molar-refractivity contribution is 0.0949. The fraction of sp³-hybridized carbons (Fsp3) is 0.435. The summed E-state index contributed by atoms with van der Waals surface area (Å²) in [4.78, 5) is 15.1. The third-order valence-corrected chi connectivity index (χ3v) is 5.03. The van der Waals surface area contributed by atoms with Gasteiger partial charge >= 0.3 is 0 Å². The molecule has 0 aliphatic carbocycles. The molecule has 0 saturated carbocycles. The van der Waals surface area contributed by atoms with Gasteiger partial charge in [-0.1, -0.05) is 49.2 Å². The predicted octanol–water partition coefficient (Wildman–Crippen LogP) is 4.26. The Morgan fingerprint density at radius 3 is 2.41 bits per heavy atom. The minimum absolute atomic E-state index is 0.0156. The lowest BCUT2D eigenvalue weighted by atomic mass is 10.1. The summed E-state index contributed by atoms with van der Waals surface area (Å²) in [6.07, 6.45) is 6.32. The molecule has 27 heavy (non-hydrogen) atoms. The molecule has 4 heteroatoms. The van der Waals surface area contributed by atoms with Gasteiger partial charge in [0.1, 0.15) is 12.4 Å². The molecule has 1 saturated heterocycles. The molecule has 0 atom stereocenters. The topological polar surface area (TPSA) is 41.6 Å². The number of carbonyl (C=O) groups excluding carboxylic acids is 1.